The molecular weight excluding hydrogens is 340 g/mol. The smallest absolute Gasteiger partial charge is 0.246 e. The topological polar surface area (TPSA) is 23.6 Å². The Labute approximate surface area is 160 Å². The third-order valence-electron chi connectivity index (χ3n) is 4.96. The fourth-order valence-electron chi connectivity index (χ4n) is 3.58. The molecule has 1 saturated heterocycles. The first-order valence-electron chi connectivity index (χ1n) is 9.43. The molecule has 1 aromatic heterocycles. The summed E-state index contributed by atoms with van der Waals surface area (Å²) < 4.78 is 0. The van der Waals surface area contributed by atoms with Crippen molar-refractivity contribution in [3.63, 3.8) is 0 Å². The number of nitrogens with zero attached hydrogens (tertiary/aromatic N) is 2. The lowest BCUT2D eigenvalue weighted by molar-refractivity contribution is -0.126. The summed E-state index contributed by atoms with van der Waals surface area (Å²) in [6.07, 6.45) is 7.03. The van der Waals surface area contributed by atoms with Gasteiger partial charge in [0.25, 0.3) is 0 Å². The Kier molecular flexibility index (Phi) is 7.04. The Morgan fingerprint density at radius 1 is 1.27 bits per heavy atom. The molecule has 1 amide bonds. The number of amides is 1. The van der Waals surface area contributed by atoms with E-state index in [1.807, 2.05) is 34.6 Å². The molecule has 0 N–H and O–H groups in total. The Balaban J connectivity index is 1.64. The van der Waals surface area contributed by atoms with Crippen molar-refractivity contribution in [2.45, 2.75) is 19.3 Å². The van der Waals surface area contributed by atoms with Gasteiger partial charge in [-0.25, -0.2) is 0 Å². The molecule has 26 heavy (non-hydrogen) atoms. The number of carbonyl (C=O) groups is 1. The molecule has 0 bridgehead atoms. The van der Waals surface area contributed by atoms with Crippen molar-refractivity contribution in [1.29, 1.82) is 0 Å². The molecule has 0 spiro atoms. The van der Waals surface area contributed by atoms with E-state index in [9.17, 15) is 4.79 Å². The first-order valence-corrected chi connectivity index (χ1v) is 10.3. The predicted molar refractivity (Wildman–Crippen MR) is 110 cm³/mol. The minimum atomic E-state index is 0.127. The normalized spacial score (nSPS) is 18.3. The van der Waals surface area contributed by atoms with Crippen molar-refractivity contribution in [2.24, 2.45) is 5.92 Å². The monoisotopic (exact) mass is 368 g/mol. The highest BCUT2D eigenvalue weighted by Crippen LogP contribution is 2.18. The van der Waals surface area contributed by atoms with Crippen LogP contribution in [0.4, 0.5) is 0 Å². The number of hydrogen-bond donors (Lipinski definition) is 0. The average molecular weight is 369 g/mol. The van der Waals surface area contributed by atoms with E-state index in [4.69, 9.17) is 0 Å². The number of thiophene rings is 1. The van der Waals surface area contributed by atoms with Crippen LogP contribution in [-0.2, 0) is 11.2 Å². The molecule has 3 rings (SSSR count). The van der Waals surface area contributed by atoms with Crippen molar-refractivity contribution in [2.75, 3.05) is 33.2 Å². The molecule has 0 aliphatic carbocycles. The Morgan fingerprint density at radius 3 is 2.85 bits per heavy atom. The van der Waals surface area contributed by atoms with E-state index in [2.05, 4.69) is 36.2 Å². The van der Waals surface area contributed by atoms with E-state index >= 15 is 0 Å². The number of likely N-dealkylation sites (tertiary alicyclic amines) is 1. The Morgan fingerprint density at radius 2 is 2.12 bits per heavy atom. The molecule has 1 fully saturated rings. The number of piperidine rings is 1. The van der Waals surface area contributed by atoms with E-state index < -0.39 is 0 Å². The van der Waals surface area contributed by atoms with E-state index in [1.165, 1.54) is 24.9 Å². The van der Waals surface area contributed by atoms with Gasteiger partial charge in [-0.1, -0.05) is 36.4 Å². The zero-order chi connectivity index (χ0) is 18.2. The number of hydrogen-bond acceptors (Lipinski definition) is 3. The van der Waals surface area contributed by atoms with E-state index in [1.54, 1.807) is 17.4 Å². The molecule has 1 aliphatic rings. The van der Waals surface area contributed by atoms with Crippen LogP contribution >= 0.6 is 11.3 Å². The first kappa shape index (κ1) is 18.9. The van der Waals surface area contributed by atoms with Crippen LogP contribution in [0.25, 0.3) is 6.08 Å². The van der Waals surface area contributed by atoms with Gasteiger partial charge in [0, 0.05) is 30.6 Å². The fourth-order valence-corrected chi connectivity index (χ4v) is 4.20. The standard InChI is InChI=1S/C22H28N2OS/c1-23-14-5-9-20(17-23)18-24(15-13-19-7-3-2-4-8-19)22(25)12-11-21-10-6-16-26-21/h2-4,6-8,10-12,16,20H,5,9,13-15,17-18H2,1H3/b12-11+. The number of carbonyl (C=O) groups excluding carboxylic acids is 1. The van der Waals surface area contributed by atoms with Gasteiger partial charge in [-0.2, -0.15) is 0 Å². The van der Waals surface area contributed by atoms with Gasteiger partial charge in [-0.3, -0.25) is 4.79 Å². The number of benzene rings is 1. The molecule has 3 nitrogen and oxygen atoms in total. The third kappa shape index (κ3) is 5.82. The number of rotatable bonds is 7. The van der Waals surface area contributed by atoms with Crippen molar-refractivity contribution in [1.82, 2.24) is 9.80 Å². The lowest BCUT2D eigenvalue weighted by atomic mass is 9.97. The summed E-state index contributed by atoms with van der Waals surface area (Å²) in [5.41, 5.74) is 1.29. The van der Waals surface area contributed by atoms with Gasteiger partial charge in [0.05, 0.1) is 0 Å². The maximum absolute atomic E-state index is 12.8. The molecule has 2 heterocycles. The summed E-state index contributed by atoms with van der Waals surface area (Å²) in [5, 5.41) is 2.04. The highest BCUT2D eigenvalue weighted by molar-refractivity contribution is 7.10. The van der Waals surface area contributed by atoms with Gasteiger partial charge in [0.15, 0.2) is 0 Å². The predicted octanol–water partition coefficient (Wildman–Crippen LogP) is 4.17. The maximum atomic E-state index is 12.8. The van der Waals surface area contributed by atoms with Gasteiger partial charge >= 0.3 is 0 Å². The Hall–Kier alpha value is -1.91. The quantitative estimate of drug-likeness (QED) is 0.685. The Bertz CT molecular complexity index is 696. The molecule has 1 unspecified atom stereocenters. The fraction of sp³-hybridized carbons (Fsp3) is 0.409. The van der Waals surface area contributed by atoms with E-state index in [-0.39, 0.29) is 5.91 Å². The van der Waals surface area contributed by atoms with Crippen LogP contribution in [0.1, 0.15) is 23.3 Å². The highest BCUT2D eigenvalue weighted by Gasteiger charge is 2.22. The van der Waals surface area contributed by atoms with E-state index in [0.717, 1.165) is 30.9 Å². The zero-order valence-corrected chi connectivity index (χ0v) is 16.3. The molecule has 1 atom stereocenters. The highest BCUT2D eigenvalue weighted by atomic mass is 32.1. The van der Waals surface area contributed by atoms with Crippen molar-refractivity contribution >= 4 is 23.3 Å². The van der Waals surface area contributed by atoms with Gasteiger partial charge < -0.3 is 9.80 Å². The zero-order valence-electron chi connectivity index (χ0n) is 15.5. The van der Waals surface area contributed by atoms with Crippen LogP contribution in [-0.4, -0.2) is 48.9 Å². The largest absolute Gasteiger partial charge is 0.339 e. The molecular formula is C22H28N2OS. The summed E-state index contributed by atoms with van der Waals surface area (Å²) in [6, 6.07) is 14.5. The second kappa shape index (κ2) is 9.70. The molecule has 4 heteroatoms. The van der Waals surface area contributed by atoms with Crippen LogP contribution < -0.4 is 0 Å². The van der Waals surface area contributed by atoms with Crippen LogP contribution in [0.15, 0.2) is 53.9 Å². The second-order valence-electron chi connectivity index (χ2n) is 7.14. The maximum Gasteiger partial charge on any atom is 0.246 e. The van der Waals surface area contributed by atoms with Gasteiger partial charge in [0.1, 0.15) is 0 Å². The van der Waals surface area contributed by atoms with Crippen LogP contribution in [0.2, 0.25) is 0 Å². The lowest BCUT2D eigenvalue weighted by Crippen LogP contribution is -2.42. The molecule has 138 valence electrons. The molecule has 0 radical (unpaired) electrons. The second-order valence-corrected chi connectivity index (χ2v) is 8.12. The summed E-state index contributed by atoms with van der Waals surface area (Å²) in [7, 11) is 2.18. The van der Waals surface area contributed by atoms with Crippen LogP contribution in [0.3, 0.4) is 0 Å². The molecule has 1 aromatic carbocycles. The summed E-state index contributed by atoms with van der Waals surface area (Å²) in [5.74, 6) is 0.700. The molecule has 1 aliphatic heterocycles. The minimum Gasteiger partial charge on any atom is -0.339 e. The molecule has 2 aromatic rings. The average Bonchev–Trinajstić information content (AvgIpc) is 3.17. The van der Waals surface area contributed by atoms with Gasteiger partial charge in [-0.05, 0) is 61.9 Å². The summed E-state index contributed by atoms with van der Waals surface area (Å²) >= 11 is 1.66. The third-order valence-corrected chi connectivity index (χ3v) is 5.80. The van der Waals surface area contributed by atoms with Crippen molar-refractivity contribution < 1.29 is 4.79 Å². The van der Waals surface area contributed by atoms with Crippen molar-refractivity contribution in [3.8, 4) is 0 Å². The SMILES string of the molecule is CN1CCCC(CN(CCc2ccccc2)C(=O)/C=C/c2cccs2)C1. The lowest BCUT2D eigenvalue weighted by Gasteiger charge is -2.33. The van der Waals surface area contributed by atoms with Gasteiger partial charge in [0.2, 0.25) is 5.91 Å². The first-order chi connectivity index (χ1) is 12.7. The van der Waals surface area contributed by atoms with Crippen molar-refractivity contribution in [3.05, 3.63) is 64.4 Å². The summed E-state index contributed by atoms with van der Waals surface area (Å²) in [6.45, 7) is 3.89. The van der Waals surface area contributed by atoms with E-state index in [0.29, 0.717) is 5.92 Å². The van der Waals surface area contributed by atoms with Gasteiger partial charge in [-0.15, -0.1) is 11.3 Å². The van der Waals surface area contributed by atoms with Crippen LogP contribution in [0.5, 0.6) is 0 Å². The van der Waals surface area contributed by atoms with Crippen LogP contribution in [0, 0.1) is 5.92 Å². The molecule has 0 saturated carbocycles. The summed E-state index contributed by atoms with van der Waals surface area (Å²) in [4.78, 5) is 18.4. The minimum absolute atomic E-state index is 0.127.